The van der Waals surface area contributed by atoms with Crippen molar-refractivity contribution in [1.29, 1.82) is 0 Å². The zero-order chi connectivity index (χ0) is 25.1. The second-order valence-corrected chi connectivity index (χ2v) is 9.11. The van der Waals surface area contributed by atoms with Crippen molar-refractivity contribution >= 4 is 34.9 Å². The molecule has 0 aliphatic carbocycles. The monoisotopic (exact) mass is 474 g/mol. The molecule has 0 aromatic carbocycles. The SMILES string of the molecule is CNC(CCCCC(NC)C(C)=O)C(C)=O.CNC(CCSCC(NC)C(C)=O)C(C)=O. The van der Waals surface area contributed by atoms with Gasteiger partial charge in [0.25, 0.3) is 0 Å². The molecule has 32 heavy (non-hydrogen) atoms. The Morgan fingerprint density at radius 2 is 0.875 bits per heavy atom. The van der Waals surface area contributed by atoms with Crippen LogP contribution in [0.1, 0.15) is 59.8 Å². The number of unbranched alkanes of at least 4 members (excludes halogenated alkanes) is 1. The van der Waals surface area contributed by atoms with E-state index in [0.717, 1.165) is 43.6 Å². The first kappa shape index (κ1) is 33.0. The molecule has 0 heterocycles. The van der Waals surface area contributed by atoms with Crippen LogP contribution >= 0.6 is 11.8 Å². The Labute approximate surface area is 199 Å². The summed E-state index contributed by atoms with van der Waals surface area (Å²) in [6, 6.07) is -0.205. The summed E-state index contributed by atoms with van der Waals surface area (Å²) in [4.78, 5) is 44.5. The molecular formula is C23H46N4O4S. The van der Waals surface area contributed by atoms with Gasteiger partial charge in [-0.3, -0.25) is 19.2 Å². The van der Waals surface area contributed by atoms with Gasteiger partial charge >= 0.3 is 0 Å². The van der Waals surface area contributed by atoms with Gasteiger partial charge in [-0.25, -0.2) is 0 Å². The molecule has 4 N–H and O–H groups in total. The predicted octanol–water partition coefficient (Wildman–Crippen LogP) is 1.36. The lowest BCUT2D eigenvalue weighted by atomic mass is 10.0. The molecule has 4 atom stereocenters. The Morgan fingerprint density at radius 3 is 1.16 bits per heavy atom. The van der Waals surface area contributed by atoms with E-state index in [0.29, 0.717) is 0 Å². The highest BCUT2D eigenvalue weighted by molar-refractivity contribution is 7.99. The molecule has 0 saturated heterocycles. The summed E-state index contributed by atoms with van der Waals surface area (Å²) in [6.07, 6.45) is 4.44. The fourth-order valence-corrected chi connectivity index (χ4v) is 4.36. The highest BCUT2D eigenvalue weighted by Crippen LogP contribution is 2.08. The van der Waals surface area contributed by atoms with Crippen molar-refractivity contribution < 1.29 is 19.2 Å². The molecule has 0 rings (SSSR count). The number of hydrogen-bond donors (Lipinski definition) is 4. The fraction of sp³-hybridized carbons (Fsp3) is 0.826. The van der Waals surface area contributed by atoms with Crippen molar-refractivity contribution in [3.05, 3.63) is 0 Å². The van der Waals surface area contributed by atoms with Crippen molar-refractivity contribution in [2.24, 2.45) is 0 Å². The summed E-state index contributed by atoms with van der Waals surface area (Å²) in [7, 11) is 7.19. The van der Waals surface area contributed by atoms with Crippen molar-refractivity contribution in [3.8, 4) is 0 Å². The van der Waals surface area contributed by atoms with Gasteiger partial charge in [-0.1, -0.05) is 12.8 Å². The predicted molar refractivity (Wildman–Crippen MR) is 135 cm³/mol. The van der Waals surface area contributed by atoms with Crippen molar-refractivity contribution in [3.63, 3.8) is 0 Å². The average Bonchev–Trinajstić information content (AvgIpc) is 2.72. The lowest BCUT2D eigenvalue weighted by Gasteiger charge is -2.14. The minimum Gasteiger partial charge on any atom is -0.311 e. The molecular weight excluding hydrogens is 428 g/mol. The van der Waals surface area contributed by atoms with Crippen LogP contribution in [0.15, 0.2) is 0 Å². The number of rotatable bonds is 18. The lowest BCUT2D eigenvalue weighted by molar-refractivity contribution is -0.120. The van der Waals surface area contributed by atoms with Crippen molar-refractivity contribution in [2.75, 3.05) is 39.7 Å². The standard InChI is InChI=1S/C12H24N2O2.C11H22N2O2S/c1-9(15)11(13-3)7-5-6-8-12(14-4)10(2)16;1-8(14)10(12-3)5-6-16-7-11(13-4)9(2)15/h11-14H,5-8H2,1-4H3;10-13H,5-7H2,1-4H3. The van der Waals surface area contributed by atoms with Gasteiger partial charge in [0.2, 0.25) is 0 Å². The number of Topliss-reactive ketones (excluding diaryl/α,β-unsaturated/α-hetero) is 4. The van der Waals surface area contributed by atoms with Crippen LogP contribution in [0.25, 0.3) is 0 Å². The van der Waals surface area contributed by atoms with E-state index in [1.165, 1.54) is 0 Å². The molecule has 8 nitrogen and oxygen atoms in total. The molecule has 0 radical (unpaired) electrons. The Kier molecular flexibility index (Phi) is 21.1. The molecule has 0 spiro atoms. The fourth-order valence-electron chi connectivity index (χ4n) is 3.16. The quantitative estimate of drug-likeness (QED) is 0.219. The van der Waals surface area contributed by atoms with Crippen LogP contribution < -0.4 is 21.3 Å². The molecule has 0 saturated carbocycles. The number of carbonyl (C=O) groups excluding carboxylic acids is 4. The third-order valence-electron chi connectivity index (χ3n) is 5.43. The maximum Gasteiger partial charge on any atom is 0.147 e. The maximum absolute atomic E-state index is 11.1. The zero-order valence-corrected chi connectivity index (χ0v) is 22.1. The first-order chi connectivity index (χ1) is 15.0. The molecule has 0 amide bonds. The van der Waals surface area contributed by atoms with E-state index in [1.807, 2.05) is 0 Å². The molecule has 0 aliphatic heterocycles. The molecule has 188 valence electrons. The summed E-state index contributed by atoms with van der Waals surface area (Å²) in [5, 5.41) is 11.9. The van der Waals surface area contributed by atoms with Crippen LogP contribution in [-0.2, 0) is 19.2 Å². The van der Waals surface area contributed by atoms with Crippen molar-refractivity contribution in [1.82, 2.24) is 21.3 Å². The highest BCUT2D eigenvalue weighted by Gasteiger charge is 2.14. The van der Waals surface area contributed by atoms with Crippen LogP contribution in [0.3, 0.4) is 0 Å². The minimum atomic E-state index is -0.0737. The zero-order valence-electron chi connectivity index (χ0n) is 21.3. The van der Waals surface area contributed by atoms with Gasteiger partial charge in [-0.2, -0.15) is 11.8 Å². The Balaban J connectivity index is 0. The maximum atomic E-state index is 11.1. The largest absolute Gasteiger partial charge is 0.311 e. The minimum absolute atomic E-state index is 0.0367. The molecule has 0 fully saturated rings. The molecule has 0 bridgehead atoms. The summed E-state index contributed by atoms with van der Waals surface area (Å²) in [5.74, 6) is 2.33. The van der Waals surface area contributed by atoms with Gasteiger partial charge in [0.1, 0.15) is 23.1 Å². The smallest absolute Gasteiger partial charge is 0.147 e. The van der Waals surface area contributed by atoms with Gasteiger partial charge in [-0.15, -0.1) is 0 Å². The Bertz CT molecular complexity index is 464. The summed E-state index contributed by atoms with van der Waals surface area (Å²) >= 11 is 1.70. The van der Waals surface area contributed by atoms with E-state index < -0.39 is 0 Å². The highest BCUT2D eigenvalue weighted by atomic mass is 32.2. The Hall–Kier alpha value is -1.13. The van der Waals surface area contributed by atoms with Gasteiger partial charge < -0.3 is 21.3 Å². The van der Waals surface area contributed by atoms with Crippen LogP contribution in [0.2, 0.25) is 0 Å². The molecule has 9 heteroatoms. The van der Waals surface area contributed by atoms with Crippen LogP contribution in [0, 0.1) is 0 Å². The van der Waals surface area contributed by atoms with E-state index in [2.05, 4.69) is 21.3 Å². The van der Waals surface area contributed by atoms with Crippen LogP contribution in [0.5, 0.6) is 0 Å². The second kappa shape index (κ2) is 20.5. The van der Waals surface area contributed by atoms with E-state index in [1.54, 1.807) is 67.6 Å². The summed E-state index contributed by atoms with van der Waals surface area (Å²) in [6.45, 7) is 6.39. The average molecular weight is 475 g/mol. The van der Waals surface area contributed by atoms with E-state index in [-0.39, 0.29) is 47.3 Å². The third kappa shape index (κ3) is 16.5. The van der Waals surface area contributed by atoms with Crippen LogP contribution in [-0.4, -0.2) is 87.0 Å². The van der Waals surface area contributed by atoms with Gasteiger partial charge in [0, 0.05) is 5.75 Å². The Morgan fingerprint density at radius 1 is 0.562 bits per heavy atom. The van der Waals surface area contributed by atoms with E-state index in [9.17, 15) is 19.2 Å². The molecule has 0 aromatic heterocycles. The van der Waals surface area contributed by atoms with E-state index >= 15 is 0 Å². The number of carbonyl (C=O) groups is 4. The molecule has 4 unspecified atom stereocenters. The van der Waals surface area contributed by atoms with Gasteiger partial charge in [0.05, 0.1) is 24.2 Å². The molecule has 0 aliphatic rings. The van der Waals surface area contributed by atoms with Gasteiger partial charge in [-0.05, 0) is 80.9 Å². The van der Waals surface area contributed by atoms with Crippen molar-refractivity contribution in [2.45, 2.75) is 84.0 Å². The number of hydrogen-bond acceptors (Lipinski definition) is 9. The lowest BCUT2D eigenvalue weighted by Crippen LogP contribution is -2.35. The first-order valence-electron chi connectivity index (χ1n) is 11.3. The number of nitrogens with one attached hydrogen (secondary N) is 4. The second-order valence-electron chi connectivity index (χ2n) is 7.96. The number of thioether (sulfide) groups is 1. The van der Waals surface area contributed by atoms with E-state index in [4.69, 9.17) is 0 Å². The normalized spacial score (nSPS) is 14.5. The summed E-state index contributed by atoms with van der Waals surface area (Å²) in [5.41, 5.74) is 0. The topological polar surface area (TPSA) is 116 Å². The number of ketones is 4. The molecule has 0 aromatic rings. The number of likely N-dealkylation sites (N-methyl/N-ethyl adjacent to an activating group) is 4. The first-order valence-corrected chi connectivity index (χ1v) is 12.5. The summed E-state index contributed by atoms with van der Waals surface area (Å²) < 4.78 is 0. The van der Waals surface area contributed by atoms with Crippen LogP contribution in [0.4, 0.5) is 0 Å². The van der Waals surface area contributed by atoms with Gasteiger partial charge in [0.15, 0.2) is 0 Å². The third-order valence-corrected chi connectivity index (χ3v) is 6.52.